The van der Waals surface area contributed by atoms with Crippen molar-refractivity contribution in [3.8, 4) is 6.07 Å². The van der Waals surface area contributed by atoms with Gasteiger partial charge in [0.2, 0.25) is 5.95 Å². The highest BCUT2D eigenvalue weighted by Gasteiger charge is 2.25. The predicted octanol–water partition coefficient (Wildman–Crippen LogP) is 1.29. The first-order valence-electron chi connectivity index (χ1n) is 9.36. The summed E-state index contributed by atoms with van der Waals surface area (Å²) in [5, 5.41) is 30.3. The van der Waals surface area contributed by atoms with Gasteiger partial charge in [-0.3, -0.25) is 9.36 Å². The van der Waals surface area contributed by atoms with Crippen LogP contribution in [-0.2, 0) is 6.54 Å². The number of fused-ring (bicyclic) bond motifs is 1. The smallest absolute Gasteiger partial charge is 0.273 e. The Labute approximate surface area is 171 Å². The van der Waals surface area contributed by atoms with Gasteiger partial charge in [-0.1, -0.05) is 18.2 Å². The van der Waals surface area contributed by atoms with Gasteiger partial charge in [-0.05, 0) is 24.5 Å². The van der Waals surface area contributed by atoms with E-state index in [-0.39, 0.29) is 23.7 Å². The lowest BCUT2D eigenvalue weighted by Gasteiger charge is -2.33. The van der Waals surface area contributed by atoms with Gasteiger partial charge in [0.1, 0.15) is 4.70 Å². The Hall–Kier alpha value is -2.77. The molecule has 1 aliphatic rings. The maximum atomic E-state index is 13.3. The monoisotopic (exact) mass is 411 g/mol. The number of nitrogens with zero attached hydrogens (tertiary/aromatic N) is 4. The highest BCUT2D eigenvalue weighted by Crippen LogP contribution is 2.29. The molecule has 29 heavy (non-hydrogen) atoms. The van der Waals surface area contributed by atoms with Crippen LogP contribution in [0.25, 0.3) is 10.2 Å². The van der Waals surface area contributed by atoms with E-state index in [1.54, 1.807) is 22.1 Å². The number of benzene rings is 1. The summed E-state index contributed by atoms with van der Waals surface area (Å²) in [6, 6.07) is 9.28. The number of piperidine rings is 1. The van der Waals surface area contributed by atoms with E-state index in [4.69, 9.17) is 5.73 Å². The van der Waals surface area contributed by atoms with Crippen LogP contribution >= 0.6 is 11.3 Å². The first kappa shape index (κ1) is 19.5. The molecule has 0 amide bonds. The van der Waals surface area contributed by atoms with Gasteiger partial charge in [0.05, 0.1) is 23.7 Å². The van der Waals surface area contributed by atoms with E-state index in [0.717, 1.165) is 29.7 Å². The third kappa shape index (κ3) is 3.63. The Balaban J connectivity index is 1.91. The molecule has 9 heteroatoms. The van der Waals surface area contributed by atoms with Crippen LogP contribution in [0.15, 0.2) is 34.4 Å². The number of hydrogen-bond acceptors (Lipinski definition) is 8. The third-order valence-corrected chi connectivity index (χ3v) is 6.15. The fraction of sp³-hybridized carbons (Fsp3) is 0.350. The normalized spacial score (nSPS) is 17.1. The third-order valence-electron chi connectivity index (χ3n) is 5.17. The molecule has 4 rings (SSSR count). The van der Waals surface area contributed by atoms with E-state index in [2.05, 4.69) is 11.1 Å². The number of aliphatic hydroxyl groups excluding tert-OH is 1. The molecule has 1 aromatic carbocycles. The standard InChI is InChI=1S/C20H21N5O3S/c21-8-12-4-1-2-5-13(12)9-25-18(26)17-16(15(11-29-17)19(27)28)23-20(25)24-7-3-6-14(22)10-24/h1-2,4-5,11,14,19,27-28H,3,6-7,9-10,22H2/t14-/m1/s1. The Morgan fingerprint density at radius 3 is 2.90 bits per heavy atom. The summed E-state index contributed by atoms with van der Waals surface area (Å²) in [5.41, 5.74) is 7.61. The van der Waals surface area contributed by atoms with E-state index < -0.39 is 6.29 Å². The maximum absolute atomic E-state index is 13.3. The molecular formula is C20H21N5O3S. The number of aromatic nitrogens is 2. The van der Waals surface area contributed by atoms with Crippen molar-refractivity contribution in [1.82, 2.24) is 9.55 Å². The second-order valence-electron chi connectivity index (χ2n) is 7.16. The summed E-state index contributed by atoms with van der Waals surface area (Å²) in [5.74, 6) is 0.436. The van der Waals surface area contributed by atoms with E-state index in [9.17, 15) is 20.3 Å². The Bertz CT molecular complexity index is 1150. The van der Waals surface area contributed by atoms with Crippen LogP contribution in [0.4, 0.5) is 5.95 Å². The van der Waals surface area contributed by atoms with E-state index >= 15 is 0 Å². The van der Waals surface area contributed by atoms with Crippen molar-refractivity contribution in [3.05, 3.63) is 56.7 Å². The fourth-order valence-electron chi connectivity index (χ4n) is 3.70. The minimum absolute atomic E-state index is 0.0263. The van der Waals surface area contributed by atoms with Crippen LogP contribution < -0.4 is 16.2 Å². The summed E-state index contributed by atoms with van der Waals surface area (Å²) in [7, 11) is 0. The Morgan fingerprint density at radius 1 is 1.38 bits per heavy atom. The summed E-state index contributed by atoms with van der Waals surface area (Å²) < 4.78 is 1.91. The lowest BCUT2D eigenvalue weighted by molar-refractivity contribution is -0.0411. The van der Waals surface area contributed by atoms with Crippen LogP contribution in [0.1, 0.15) is 35.8 Å². The van der Waals surface area contributed by atoms with Crippen LogP contribution in [0, 0.1) is 11.3 Å². The first-order valence-corrected chi connectivity index (χ1v) is 10.2. The average Bonchev–Trinajstić information content (AvgIpc) is 3.15. The molecule has 8 nitrogen and oxygen atoms in total. The summed E-state index contributed by atoms with van der Waals surface area (Å²) in [6.07, 6.45) is 0.0738. The molecule has 0 unspecified atom stereocenters. The lowest BCUT2D eigenvalue weighted by Crippen LogP contribution is -2.45. The second-order valence-corrected chi connectivity index (χ2v) is 8.04. The SMILES string of the molecule is N#Cc1ccccc1Cn1c(N2CCC[C@@H](N)C2)nc2c(C(O)O)csc2c1=O. The highest BCUT2D eigenvalue weighted by molar-refractivity contribution is 7.17. The van der Waals surface area contributed by atoms with Crippen LogP contribution in [0.2, 0.25) is 0 Å². The zero-order valence-corrected chi connectivity index (χ0v) is 16.5. The van der Waals surface area contributed by atoms with Crippen molar-refractivity contribution in [3.63, 3.8) is 0 Å². The van der Waals surface area contributed by atoms with E-state index in [1.807, 2.05) is 17.0 Å². The minimum atomic E-state index is -1.71. The number of thiophene rings is 1. The Kier molecular flexibility index (Phi) is 5.34. The van der Waals surface area contributed by atoms with Gasteiger partial charge >= 0.3 is 0 Å². The topological polar surface area (TPSA) is 128 Å². The van der Waals surface area contributed by atoms with Crippen molar-refractivity contribution in [1.29, 1.82) is 5.26 Å². The van der Waals surface area contributed by atoms with Gasteiger partial charge in [0.25, 0.3) is 5.56 Å². The summed E-state index contributed by atoms with van der Waals surface area (Å²) in [4.78, 5) is 20.0. The summed E-state index contributed by atoms with van der Waals surface area (Å²) >= 11 is 1.14. The van der Waals surface area contributed by atoms with Gasteiger partial charge in [-0.2, -0.15) is 5.26 Å². The zero-order valence-electron chi connectivity index (χ0n) is 15.7. The largest absolute Gasteiger partial charge is 0.364 e. The number of aliphatic hydroxyl groups is 2. The quantitative estimate of drug-likeness (QED) is 0.552. The average molecular weight is 411 g/mol. The number of anilines is 1. The minimum Gasteiger partial charge on any atom is -0.364 e. The van der Waals surface area contributed by atoms with E-state index in [1.165, 1.54) is 0 Å². The molecule has 0 spiro atoms. The summed E-state index contributed by atoms with van der Waals surface area (Å²) in [6.45, 7) is 1.45. The van der Waals surface area contributed by atoms with Gasteiger partial charge in [-0.25, -0.2) is 4.98 Å². The number of nitriles is 1. The molecule has 4 N–H and O–H groups in total. The maximum Gasteiger partial charge on any atom is 0.273 e. The zero-order chi connectivity index (χ0) is 20.5. The molecule has 1 saturated heterocycles. The lowest BCUT2D eigenvalue weighted by atomic mass is 10.1. The number of hydrogen-bond donors (Lipinski definition) is 3. The molecule has 1 fully saturated rings. The van der Waals surface area contributed by atoms with Crippen molar-refractivity contribution in [2.24, 2.45) is 5.73 Å². The van der Waals surface area contributed by atoms with Crippen LogP contribution in [0.3, 0.4) is 0 Å². The van der Waals surface area contributed by atoms with Gasteiger partial charge in [-0.15, -0.1) is 11.3 Å². The molecular weight excluding hydrogens is 390 g/mol. The molecule has 0 bridgehead atoms. The molecule has 0 saturated carbocycles. The van der Waals surface area contributed by atoms with Crippen molar-refractivity contribution < 1.29 is 10.2 Å². The molecule has 150 valence electrons. The van der Waals surface area contributed by atoms with Crippen molar-refractivity contribution in [2.45, 2.75) is 31.7 Å². The second kappa shape index (κ2) is 7.93. The predicted molar refractivity (Wildman–Crippen MR) is 111 cm³/mol. The van der Waals surface area contributed by atoms with Gasteiger partial charge in [0.15, 0.2) is 6.29 Å². The first-order chi connectivity index (χ1) is 14.0. The fourth-order valence-corrected chi connectivity index (χ4v) is 4.67. The molecule has 0 aliphatic carbocycles. The van der Waals surface area contributed by atoms with Crippen LogP contribution in [0.5, 0.6) is 0 Å². The molecule has 2 aromatic heterocycles. The van der Waals surface area contributed by atoms with Crippen LogP contribution in [-0.4, -0.2) is 38.9 Å². The van der Waals surface area contributed by atoms with E-state index in [0.29, 0.717) is 34.8 Å². The van der Waals surface area contributed by atoms with Crippen molar-refractivity contribution >= 4 is 27.5 Å². The molecule has 3 heterocycles. The highest BCUT2D eigenvalue weighted by atomic mass is 32.1. The number of nitrogens with two attached hydrogens (primary N) is 1. The number of rotatable bonds is 4. The van der Waals surface area contributed by atoms with Gasteiger partial charge < -0.3 is 20.8 Å². The van der Waals surface area contributed by atoms with Crippen molar-refractivity contribution in [2.75, 3.05) is 18.0 Å². The van der Waals surface area contributed by atoms with Gasteiger partial charge in [0, 0.05) is 30.1 Å². The Morgan fingerprint density at radius 2 is 2.17 bits per heavy atom. The molecule has 1 aliphatic heterocycles. The molecule has 0 radical (unpaired) electrons. The molecule has 3 aromatic rings. The molecule has 1 atom stereocenters.